The number of morpholine rings is 1. The third-order valence-corrected chi connectivity index (χ3v) is 7.43. The number of hydrogen-bond donors (Lipinski definition) is 2. The number of ether oxygens (including phenoxy) is 2. The third-order valence-electron chi connectivity index (χ3n) is 7.11. The zero-order valence-electron chi connectivity index (χ0n) is 24.7. The third kappa shape index (κ3) is 8.64. The van der Waals surface area contributed by atoms with Crippen LogP contribution in [0.3, 0.4) is 0 Å². The van der Waals surface area contributed by atoms with E-state index < -0.39 is 5.60 Å². The Morgan fingerprint density at radius 1 is 1.05 bits per heavy atom. The maximum Gasteiger partial charge on any atom is 0.320 e. The lowest BCUT2D eigenvalue weighted by Gasteiger charge is -2.43. The van der Waals surface area contributed by atoms with Crippen molar-refractivity contribution in [2.24, 2.45) is 0 Å². The molecule has 2 N–H and O–H groups in total. The van der Waals surface area contributed by atoms with Crippen LogP contribution in [-0.4, -0.2) is 98.2 Å². The van der Waals surface area contributed by atoms with E-state index in [9.17, 15) is 14.7 Å². The number of allylic oxidation sites excluding steroid dienone is 1. The van der Waals surface area contributed by atoms with Crippen molar-refractivity contribution >= 4 is 43.3 Å². The number of aliphatic hydroxyl groups excluding tert-OH is 2. The standard InChI is InChI=1S/C28H33ClN2O5.CH4O.2CH2O/c1-19-6-4-7-22(14-19)24-15-20(2)23(16-25(24)29)21(3)26(33)28(36-18-32)8-5-9-31(17-28)27(34)30-10-12-35-13-11-30;3*1-2/h4,6-7,14-16,18,33H,5,8-13,17H2,1-3H3;2H,1H3;2*1H2/b26-21-;;;. The van der Waals surface area contributed by atoms with E-state index in [1.165, 1.54) is 0 Å². The Balaban J connectivity index is 0.00000138. The van der Waals surface area contributed by atoms with E-state index in [1.54, 1.807) is 16.7 Å². The predicted octanol–water partition coefficient (Wildman–Crippen LogP) is 4.61. The molecule has 42 heavy (non-hydrogen) atoms. The molecular weight excluding hydrogens is 564 g/mol. The number of hydrogen-bond acceptors (Lipinski definition) is 8. The summed E-state index contributed by atoms with van der Waals surface area (Å²) in [6, 6.07) is 11.8. The van der Waals surface area contributed by atoms with E-state index in [-0.39, 0.29) is 18.3 Å². The van der Waals surface area contributed by atoms with Gasteiger partial charge in [0.2, 0.25) is 0 Å². The van der Waals surface area contributed by atoms with E-state index in [4.69, 9.17) is 35.8 Å². The van der Waals surface area contributed by atoms with Crippen molar-refractivity contribution in [3.05, 3.63) is 63.9 Å². The van der Waals surface area contributed by atoms with Crippen LogP contribution in [0.4, 0.5) is 4.79 Å². The van der Waals surface area contributed by atoms with Crippen molar-refractivity contribution in [3.8, 4) is 11.1 Å². The van der Waals surface area contributed by atoms with Gasteiger partial charge in [-0.25, -0.2) is 4.79 Å². The molecule has 0 aliphatic carbocycles. The van der Waals surface area contributed by atoms with Crippen molar-refractivity contribution in [1.29, 1.82) is 0 Å². The fourth-order valence-electron chi connectivity index (χ4n) is 5.17. The molecule has 0 saturated carbocycles. The summed E-state index contributed by atoms with van der Waals surface area (Å²) in [5, 5.41) is 19.1. The molecule has 2 fully saturated rings. The lowest BCUT2D eigenvalue weighted by Crippen LogP contribution is -2.57. The van der Waals surface area contributed by atoms with Gasteiger partial charge in [0, 0.05) is 37.3 Å². The summed E-state index contributed by atoms with van der Waals surface area (Å²) in [6.07, 6.45) is 1.00. The Morgan fingerprint density at radius 2 is 1.69 bits per heavy atom. The Hall–Kier alpha value is -3.73. The molecule has 0 aromatic heterocycles. The van der Waals surface area contributed by atoms with Crippen molar-refractivity contribution in [1.82, 2.24) is 9.80 Å². The molecule has 0 bridgehead atoms. The number of aliphatic hydroxyl groups is 2. The van der Waals surface area contributed by atoms with Crippen LogP contribution in [0.25, 0.3) is 16.7 Å². The SMILES string of the molecule is C/C(=C(/O)C1(OC=O)CCCN(C(=O)N2CCOCC2)C1)c1cc(Cl)c(-c2cccc(C)c2)cc1C.C=O.C=O.CO. The fourth-order valence-corrected chi connectivity index (χ4v) is 5.44. The van der Waals surface area contributed by atoms with Crippen molar-refractivity contribution < 1.29 is 38.9 Å². The van der Waals surface area contributed by atoms with Crippen molar-refractivity contribution in [3.63, 3.8) is 0 Å². The molecule has 10 nitrogen and oxygen atoms in total. The first-order valence-corrected chi connectivity index (χ1v) is 13.7. The molecule has 2 saturated heterocycles. The summed E-state index contributed by atoms with van der Waals surface area (Å²) in [5.41, 5.74) is 4.00. The molecule has 2 aromatic carbocycles. The highest BCUT2D eigenvalue weighted by Crippen LogP contribution is 2.39. The largest absolute Gasteiger partial charge is 0.508 e. The highest BCUT2D eigenvalue weighted by Gasteiger charge is 2.45. The maximum atomic E-state index is 13.1. The molecule has 230 valence electrons. The molecule has 1 atom stereocenters. The number of amides is 2. The number of likely N-dealkylation sites (tertiary alicyclic amines) is 1. The Morgan fingerprint density at radius 3 is 2.29 bits per heavy atom. The van der Waals surface area contributed by atoms with Crippen molar-refractivity contribution in [2.75, 3.05) is 46.5 Å². The summed E-state index contributed by atoms with van der Waals surface area (Å²) in [6.45, 7) is 12.8. The van der Waals surface area contributed by atoms with E-state index in [0.29, 0.717) is 62.8 Å². The van der Waals surface area contributed by atoms with Gasteiger partial charge >= 0.3 is 6.03 Å². The molecule has 2 heterocycles. The predicted molar refractivity (Wildman–Crippen MR) is 162 cm³/mol. The van der Waals surface area contributed by atoms with Gasteiger partial charge in [-0.15, -0.1) is 0 Å². The summed E-state index contributed by atoms with van der Waals surface area (Å²) >= 11 is 6.71. The number of halogens is 1. The quantitative estimate of drug-likeness (QED) is 0.373. The summed E-state index contributed by atoms with van der Waals surface area (Å²) in [7, 11) is 1.00. The van der Waals surface area contributed by atoms with Crippen LogP contribution in [0.2, 0.25) is 5.02 Å². The van der Waals surface area contributed by atoms with Crippen molar-refractivity contribution in [2.45, 2.75) is 39.2 Å². The average molecular weight is 605 g/mol. The zero-order chi connectivity index (χ0) is 31.9. The van der Waals surface area contributed by atoms with E-state index >= 15 is 0 Å². The van der Waals surface area contributed by atoms with Gasteiger partial charge in [0.1, 0.15) is 19.3 Å². The van der Waals surface area contributed by atoms with Gasteiger partial charge in [0.25, 0.3) is 6.47 Å². The van der Waals surface area contributed by atoms with Gasteiger partial charge in [-0.1, -0.05) is 41.4 Å². The molecular formula is C31H41ClN2O8. The minimum Gasteiger partial charge on any atom is -0.508 e. The first kappa shape index (κ1) is 36.3. The maximum absolute atomic E-state index is 13.1. The number of rotatable bonds is 5. The summed E-state index contributed by atoms with van der Waals surface area (Å²) in [4.78, 5) is 44.1. The van der Waals surface area contributed by atoms with Crippen LogP contribution < -0.4 is 0 Å². The van der Waals surface area contributed by atoms with E-state index in [1.807, 2.05) is 57.8 Å². The van der Waals surface area contributed by atoms with Gasteiger partial charge in [-0.2, -0.15) is 0 Å². The highest BCUT2D eigenvalue weighted by molar-refractivity contribution is 6.33. The molecule has 2 aliphatic rings. The van der Waals surface area contributed by atoms with Gasteiger partial charge in [-0.05, 0) is 68.0 Å². The van der Waals surface area contributed by atoms with Gasteiger partial charge in [-0.3, -0.25) is 4.79 Å². The monoisotopic (exact) mass is 604 g/mol. The molecule has 0 radical (unpaired) electrons. The lowest BCUT2D eigenvalue weighted by atomic mass is 9.85. The molecule has 11 heteroatoms. The second-order valence-electron chi connectivity index (χ2n) is 9.61. The number of urea groups is 1. The Kier molecular flexibility index (Phi) is 15.5. The summed E-state index contributed by atoms with van der Waals surface area (Å²) in [5.74, 6) is -0.0588. The van der Waals surface area contributed by atoms with E-state index in [2.05, 4.69) is 6.07 Å². The van der Waals surface area contributed by atoms with Crippen LogP contribution >= 0.6 is 11.6 Å². The number of piperidine rings is 1. The first-order valence-electron chi connectivity index (χ1n) is 13.3. The molecule has 0 spiro atoms. The number of nitrogens with zero attached hydrogens (tertiary/aromatic N) is 2. The Bertz CT molecular complexity index is 1210. The lowest BCUT2D eigenvalue weighted by molar-refractivity contribution is -0.147. The Labute approximate surface area is 252 Å². The second kappa shape index (κ2) is 17.9. The molecule has 1 unspecified atom stereocenters. The van der Waals surface area contributed by atoms with Crippen LogP contribution in [0.5, 0.6) is 0 Å². The molecule has 4 rings (SSSR count). The number of carbonyl (C=O) groups is 4. The van der Waals surface area contributed by atoms with Crippen LogP contribution in [0.1, 0.15) is 36.5 Å². The van der Waals surface area contributed by atoms with Gasteiger partial charge < -0.3 is 39.1 Å². The minimum absolute atomic E-state index is 0.0588. The zero-order valence-corrected chi connectivity index (χ0v) is 25.5. The second-order valence-corrected chi connectivity index (χ2v) is 10.0. The van der Waals surface area contributed by atoms with Crippen LogP contribution in [0.15, 0.2) is 42.2 Å². The highest BCUT2D eigenvalue weighted by atomic mass is 35.5. The van der Waals surface area contributed by atoms with Gasteiger partial charge in [0.15, 0.2) is 5.60 Å². The van der Waals surface area contributed by atoms with Crippen LogP contribution in [-0.2, 0) is 23.9 Å². The average Bonchev–Trinajstić information content (AvgIpc) is 3.04. The molecule has 2 aliphatic heterocycles. The number of benzene rings is 2. The topological polar surface area (TPSA) is 134 Å². The molecule has 2 aromatic rings. The molecule has 2 amide bonds. The van der Waals surface area contributed by atoms with E-state index in [0.717, 1.165) is 34.9 Å². The smallest absolute Gasteiger partial charge is 0.320 e. The number of carbonyl (C=O) groups excluding carboxylic acids is 4. The number of aryl methyl sites for hydroxylation is 2. The van der Waals surface area contributed by atoms with Crippen LogP contribution in [0, 0.1) is 13.8 Å². The fraction of sp³-hybridized carbons (Fsp3) is 0.419. The normalized spacial score (nSPS) is 18.4. The first-order chi connectivity index (χ1) is 20.3. The minimum atomic E-state index is -1.32. The van der Waals surface area contributed by atoms with Gasteiger partial charge in [0.05, 0.1) is 19.8 Å². The summed E-state index contributed by atoms with van der Waals surface area (Å²) < 4.78 is 10.9.